The normalized spacial score (nSPS) is 23.0. The van der Waals surface area contributed by atoms with Crippen LogP contribution in [0, 0.1) is 5.41 Å². The highest BCUT2D eigenvalue weighted by atomic mass is 79.9. The van der Waals surface area contributed by atoms with Crippen molar-refractivity contribution in [1.82, 2.24) is 4.98 Å². The Kier molecular flexibility index (Phi) is 3.78. The van der Waals surface area contributed by atoms with Gasteiger partial charge in [-0.05, 0) is 38.1 Å². The van der Waals surface area contributed by atoms with Gasteiger partial charge in [0.2, 0.25) is 5.88 Å². The second-order valence-corrected chi connectivity index (χ2v) is 6.85. The molecular weight excluding hydrogens is 346 g/mol. The van der Waals surface area contributed by atoms with E-state index in [1.165, 1.54) is 0 Å². The summed E-state index contributed by atoms with van der Waals surface area (Å²) in [6, 6.07) is 10.7. The number of aliphatic hydroxyl groups excluding tert-OH is 1. The molecule has 1 heterocycles. The maximum absolute atomic E-state index is 12.6. The number of pyridine rings is 1. The van der Waals surface area contributed by atoms with Crippen LogP contribution in [0.5, 0.6) is 5.88 Å². The van der Waals surface area contributed by atoms with Gasteiger partial charge in [-0.2, -0.15) is 0 Å². The van der Waals surface area contributed by atoms with Gasteiger partial charge in [-0.15, -0.1) is 0 Å². The lowest BCUT2D eigenvalue weighted by molar-refractivity contribution is -0.0379. The van der Waals surface area contributed by atoms with Crippen LogP contribution in [0.2, 0.25) is 0 Å². The van der Waals surface area contributed by atoms with Crippen molar-refractivity contribution >= 4 is 21.7 Å². The standard InChI is InChI=1S/C17H16BrNO3/c1-17(2)15(20)11-7-6-10(18)9-12(11)14(16(17)21)22-13-5-3-4-8-19-13/h3-9,14,16,21H,1-2H3/t14-,16+/m1/s1. The fourth-order valence-corrected chi connectivity index (χ4v) is 3.06. The first-order chi connectivity index (χ1) is 10.4. The van der Waals surface area contributed by atoms with Gasteiger partial charge in [0.25, 0.3) is 0 Å². The summed E-state index contributed by atoms with van der Waals surface area (Å²) < 4.78 is 6.73. The summed E-state index contributed by atoms with van der Waals surface area (Å²) in [5.41, 5.74) is 0.344. The van der Waals surface area contributed by atoms with Crippen LogP contribution in [0.1, 0.15) is 35.9 Å². The number of ether oxygens (including phenoxy) is 1. The minimum atomic E-state index is -0.955. The maximum Gasteiger partial charge on any atom is 0.213 e. The molecule has 0 radical (unpaired) electrons. The molecular formula is C17H16BrNO3. The van der Waals surface area contributed by atoms with Crippen LogP contribution < -0.4 is 4.74 Å². The maximum atomic E-state index is 12.6. The number of carbonyl (C=O) groups is 1. The van der Waals surface area contributed by atoms with Crippen molar-refractivity contribution in [2.75, 3.05) is 0 Å². The lowest BCUT2D eigenvalue weighted by Crippen LogP contribution is -2.47. The number of ketones is 1. The van der Waals surface area contributed by atoms with E-state index in [0.29, 0.717) is 17.0 Å². The quantitative estimate of drug-likeness (QED) is 0.888. The van der Waals surface area contributed by atoms with Crippen LogP contribution in [0.4, 0.5) is 0 Å². The molecule has 2 atom stereocenters. The SMILES string of the molecule is CC1(C)C(=O)c2ccc(Br)cc2[C@@H](Oc2ccccn2)[C@@H]1O. The molecule has 0 saturated carbocycles. The van der Waals surface area contributed by atoms with Crippen LogP contribution in [0.15, 0.2) is 47.1 Å². The third kappa shape index (κ3) is 2.44. The Hall–Kier alpha value is -1.72. The fraction of sp³-hybridized carbons (Fsp3) is 0.294. The molecule has 0 saturated heterocycles. The predicted octanol–water partition coefficient (Wildman–Crippen LogP) is 3.55. The molecule has 1 aliphatic carbocycles. The van der Waals surface area contributed by atoms with E-state index >= 15 is 0 Å². The number of hydrogen-bond acceptors (Lipinski definition) is 4. The zero-order valence-corrected chi connectivity index (χ0v) is 13.9. The van der Waals surface area contributed by atoms with Gasteiger partial charge in [0.1, 0.15) is 6.10 Å². The summed E-state index contributed by atoms with van der Waals surface area (Å²) in [6.45, 7) is 3.47. The summed E-state index contributed by atoms with van der Waals surface area (Å²) in [4.78, 5) is 16.8. The lowest BCUT2D eigenvalue weighted by atomic mass is 9.69. The zero-order valence-electron chi connectivity index (χ0n) is 12.3. The number of rotatable bonds is 2. The molecule has 0 amide bonds. The number of carbonyl (C=O) groups excluding carboxylic acids is 1. The Bertz CT molecular complexity index is 715. The second kappa shape index (κ2) is 5.48. The van der Waals surface area contributed by atoms with E-state index in [1.54, 1.807) is 38.2 Å². The summed E-state index contributed by atoms with van der Waals surface area (Å²) in [5, 5.41) is 10.7. The molecule has 1 N–H and O–H groups in total. The zero-order chi connectivity index (χ0) is 15.9. The monoisotopic (exact) mass is 361 g/mol. The first-order valence-electron chi connectivity index (χ1n) is 7.01. The van der Waals surface area contributed by atoms with E-state index < -0.39 is 17.6 Å². The largest absolute Gasteiger partial charge is 0.467 e. The van der Waals surface area contributed by atoms with Gasteiger partial charge in [0.15, 0.2) is 11.9 Å². The van der Waals surface area contributed by atoms with Crippen LogP contribution >= 0.6 is 15.9 Å². The minimum absolute atomic E-state index is 0.0802. The summed E-state index contributed by atoms with van der Waals surface area (Å²) in [5.74, 6) is 0.339. The van der Waals surface area contributed by atoms with Gasteiger partial charge in [-0.25, -0.2) is 4.98 Å². The van der Waals surface area contributed by atoms with Gasteiger partial charge in [-0.3, -0.25) is 4.79 Å². The van der Waals surface area contributed by atoms with Crippen molar-refractivity contribution in [2.24, 2.45) is 5.41 Å². The molecule has 0 aliphatic heterocycles. The van der Waals surface area contributed by atoms with Crippen LogP contribution in [-0.4, -0.2) is 22.0 Å². The average molecular weight is 362 g/mol. The second-order valence-electron chi connectivity index (χ2n) is 5.93. The molecule has 0 fully saturated rings. The molecule has 1 aromatic heterocycles. The number of hydrogen-bond donors (Lipinski definition) is 1. The van der Waals surface area contributed by atoms with E-state index in [1.807, 2.05) is 18.2 Å². The van der Waals surface area contributed by atoms with Crippen LogP contribution in [0.3, 0.4) is 0 Å². The smallest absolute Gasteiger partial charge is 0.213 e. The number of Topliss-reactive ketones (excluding diaryl/α,β-unsaturated/α-hetero) is 1. The first kappa shape index (κ1) is 15.2. The molecule has 22 heavy (non-hydrogen) atoms. The van der Waals surface area contributed by atoms with E-state index in [0.717, 1.165) is 4.47 Å². The Morgan fingerprint density at radius 2 is 2.05 bits per heavy atom. The Morgan fingerprint density at radius 3 is 2.73 bits per heavy atom. The average Bonchev–Trinajstić information content (AvgIpc) is 2.51. The van der Waals surface area contributed by atoms with Crippen molar-refractivity contribution in [3.63, 3.8) is 0 Å². The highest BCUT2D eigenvalue weighted by Gasteiger charge is 2.48. The lowest BCUT2D eigenvalue weighted by Gasteiger charge is -2.40. The predicted molar refractivity (Wildman–Crippen MR) is 85.9 cm³/mol. The molecule has 114 valence electrons. The van der Waals surface area contributed by atoms with E-state index in [2.05, 4.69) is 20.9 Å². The van der Waals surface area contributed by atoms with Gasteiger partial charge in [0.05, 0.1) is 5.41 Å². The minimum Gasteiger partial charge on any atom is -0.467 e. The highest BCUT2D eigenvalue weighted by molar-refractivity contribution is 9.10. The number of aromatic nitrogens is 1. The Morgan fingerprint density at radius 1 is 1.27 bits per heavy atom. The van der Waals surface area contributed by atoms with Crippen molar-refractivity contribution in [3.05, 3.63) is 58.2 Å². The molecule has 0 spiro atoms. The van der Waals surface area contributed by atoms with Crippen molar-refractivity contribution in [3.8, 4) is 5.88 Å². The fourth-order valence-electron chi connectivity index (χ4n) is 2.68. The number of halogens is 1. The highest BCUT2D eigenvalue weighted by Crippen LogP contribution is 2.43. The molecule has 5 heteroatoms. The molecule has 0 bridgehead atoms. The summed E-state index contributed by atoms with van der Waals surface area (Å²) >= 11 is 3.41. The number of benzene rings is 1. The van der Waals surface area contributed by atoms with Crippen molar-refractivity contribution < 1.29 is 14.6 Å². The number of fused-ring (bicyclic) bond motifs is 1. The van der Waals surface area contributed by atoms with Crippen LogP contribution in [0.25, 0.3) is 0 Å². The topological polar surface area (TPSA) is 59.4 Å². The van der Waals surface area contributed by atoms with E-state index in [-0.39, 0.29) is 5.78 Å². The van der Waals surface area contributed by atoms with Crippen LogP contribution in [-0.2, 0) is 0 Å². The Labute approximate surface area is 137 Å². The van der Waals surface area contributed by atoms with Gasteiger partial charge < -0.3 is 9.84 Å². The molecule has 1 aliphatic rings. The third-order valence-corrected chi connectivity index (χ3v) is 4.55. The first-order valence-corrected chi connectivity index (χ1v) is 7.80. The van der Waals surface area contributed by atoms with Crippen molar-refractivity contribution in [2.45, 2.75) is 26.1 Å². The van der Waals surface area contributed by atoms with Gasteiger partial charge in [-0.1, -0.05) is 22.0 Å². The molecule has 4 nitrogen and oxygen atoms in total. The summed E-state index contributed by atoms with van der Waals surface area (Å²) in [6.07, 6.45) is 0.0294. The molecule has 2 aromatic rings. The molecule has 0 unspecified atom stereocenters. The van der Waals surface area contributed by atoms with Gasteiger partial charge >= 0.3 is 0 Å². The van der Waals surface area contributed by atoms with Crippen molar-refractivity contribution in [1.29, 1.82) is 0 Å². The third-order valence-electron chi connectivity index (χ3n) is 4.06. The number of aliphatic hydroxyl groups is 1. The summed E-state index contributed by atoms with van der Waals surface area (Å²) in [7, 11) is 0. The van der Waals surface area contributed by atoms with Gasteiger partial charge in [0, 0.05) is 27.9 Å². The number of nitrogens with zero attached hydrogens (tertiary/aromatic N) is 1. The van der Waals surface area contributed by atoms with E-state index in [4.69, 9.17) is 4.74 Å². The molecule has 3 rings (SSSR count). The molecule has 1 aromatic carbocycles. The Balaban J connectivity index is 2.10. The van der Waals surface area contributed by atoms with E-state index in [9.17, 15) is 9.90 Å².